The summed E-state index contributed by atoms with van der Waals surface area (Å²) >= 11 is 0. The number of H-pyrrole nitrogens is 1. The van der Waals surface area contributed by atoms with Gasteiger partial charge in [0.25, 0.3) is 0 Å². The van der Waals surface area contributed by atoms with Gasteiger partial charge in [0, 0.05) is 49.9 Å². The molecule has 1 aliphatic rings. The lowest BCUT2D eigenvalue weighted by atomic mass is 10.1. The van der Waals surface area contributed by atoms with Crippen LogP contribution >= 0.6 is 0 Å². The van der Waals surface area contributed by atoms with Gasteiger partial charge in [0.15, 0.2) is 5.78 Å². The number of Topliss-reactive ketones (excluding diaryl/α,β-unsaturated/α-hetero) is 1. The molecule has 0 bridgehead atoms. The third-order valence-corrected chi connectivity index (χ3v) is 5.08. The van der Waals surface area contributed by atoms with Crippen LogP contribution in [-0.2, 0) is 13.1 Å². The zero-order chi connectivity index (χ0) is 20.5. The van der Waals surface area contributed by atoms with E-state index in [2.05, 4.69) is 35.4 Å². The number of hydrogen-bond donors (Lipinski definition) is 2. The fraction of sp³-hybridized carbons (Fsp3) is 0.190. The Hall–Kier alpha value is -4.01. The number of hydrogen-bond acceptors (Lipinski definition) is 7. The molecule has 0 saturated carbocycles. The number of carbonyl (C=O) groups is 1. The average molecular weight is 400 g/mol. The highest BCUT2D eigenvalue weighted by atomic mass is 16.1. The highest BCUT2D eigenvalue weighted by Gasteiger charge is 2.21. The molecular weight excluding hydrogens is 380 g/mol. The summed E-state index contributed by atoms with van der Waals surface area (Å²) in [6, 6.07) is 9.92. The molecule has 3 aromatic heterocycles. The number of anilines is 3. The van der Waals surface area contributed by atoms with Crippen molar-refractivity contribution < 1.29 is 4.79 Å². The Morgan fingerprint density at radius 1 is 1.10 bits per heavy atom. The number of benzene rings is 1. The van der Waals surface area contributed by atoms with E-state index in [9.17, 15) is 4.79 Å². The quantitative estimate of drug-likeness (QED) is 0.496. The second kappa shape index (κ2) is 7.43. The number of aromatic amines is 1. The minimum absolute atomic E-state index is 0.0234. The van der Waals surface area contributed by atoms with Gasteiger partial charge < -0.3 is 14.8 Å². The molecule has 9 nitrogen and oxygen atoms in total. The van der Waals surface area contributed by atoms with Crippen molar-refractivity contribution in [2.75, 3.05) is 16.8 Å². The molecule has 1 aromatic carbocycles. The molecule has 0 radical (unpaired) electrons. The number of ketones is 1. The number of fused-ring (bicyclic) bond motifs is 1. The van der Waals surface area contributed by atoms with Crippen LogP contribution in [0.5, 0.6) is 0 Å². The van der Waals surface area contributed by atoms with E-state index in [1.165, 1.54) is 6.92 Å². The lowest BCUT2D eigenvalue weighted by Crippen LogP contribution is -2.34. The van der Waals surface area contributed by atoms with Crippen LogP contribution in [0.2, 0.25) is 0 Å². The van der Waals surface area contributed by atoms with Crippen molar-refractivity contribution in [2.24, 2.45) is 0 Å². The van der Waals surface area contributed by atoms with Crippen molar-refractivity contribution in [3.05, 3.63) is 66.6 Å². The van der Waals surface area contributed by atoms with E-state index in [1.54, 1.807) is 12.4 Å². The second-order valence-corrected chi connectivity index (χ2v) is 7.14. The SMILES string of the molecule is CC(=O)c1cn2c(n1)CN(c1nccc(Nc3ccc(-c4cn[nH]c4)cc3)n1)CC2. The van der Waals surface area contributed by atoms with Gasteiger partial charge in [0.05, 0.1) is 12.7 Å². The van der Waals surface area contributed by atoms with Gasteiger partial charge in [0.2, 0.25) is 5.95 Å². The predicted molar refractivity (Wildman–Crippen MR) is 113 cm³/mol. The molecule has 0 atom stereocenters. The Balaban J connectivity index is 1.31. The van der Waals surface area contributed by atoms with Crippen molar-refractivity contribution in [1.82, 2.24) is 29.7 Å². The van der Waals surface area contributed by atoms with Gasteiger partial charge in [-0.25, -0.2) is 9.97 Å². The summed E-state index contributed by atoms with van der Waals surface area (Å²) < 4.78 is 2.02. The van der Waals surface area contributed by atoms with Gasteiger partial charge in [-0.3, -0.25) is 9.89 Å². The van der Waals surface area contributed by atoms with E-state index in [1.807, 2.05) is 47.3 Å². The number of aromatic nitrogens is 6. The van der Waals surface area contributed by atoms with Crippen LogP contribution in [0, 0.1) is 0 Å². The number of nitrogens with one attached hydrogen (secondary N) is 2. The maximum Gasteiger partial charge on any atom is 0.227 e. The maximum absolute atomic E-state index is 11.6. The van der Waals surface area contributed by atoms with Gasteiger partial charge in [-0.2, -0.15) is 10.1 Å². The van der Waals surface area contributed by atoms with Crippen molar-refractivity contribution in [2.45, 2.75) is 20.0 Å². The first kappa shape index (κ1) is 18.0. The van der Waals surface area contributed by atoms with Crippen LogP contribution in [0.25, 0.3) is 11.1 Å². The number of rotatable bonds is 5. The molecule has 0 spiro atoms. The molecule has 0 amide bonds. The number of carbonyl (C=O) groups excluding carboxylic acids is 1. The van der Waals surface area contributed by atoms with E-state index in [0.717, 1.165) is 41.5 Å². The van der Waals surface area contributed by atoms with Gasteiger partial charge in [0.1, 0.15) is 17.3 Å². The summed E-state index contributed by atoms with van der Waals surface area (Å²) in [5, 5.41) is 10.1. The first-order valence-corrected chi connectivity index (χ1v) is 9.67. The molecule has 4 aromatic rings. The molecular formula is C21H20N8O. The second-order valence-electron chi connectivity index (χ2n) is 7.14. The van der Waals surface area contributed by atoms with Crippen LogP contribution < -0.4 is 10.2 Å². The molecule has 4 heterocycles. The minimum atomic E-state index is -0.0234. The van der Waals surface area contributed by atoms with Crippen molar-refractivity contribution in [3.8, 4) is 11.1 Å². The number of imidazole rings is 1. The predicted octanol–water partition coefficient (Wildman–Crippen LogP) is 3.03. The molecule has 150 valence electrons. The first-order valence-electron chi connectivity index (χ1n) is 9.67. The highest BCUT2D eigenvalue weighted by Crippen LogP contribution is 2.23. The zero-order valence-corrected chi connectivity index (χ0v) is 16.4. The van der Waals surface area contributed by atoms with Gasteiger partial charge in [-0.05, 0) is 23.8 Å². The fourth-order valence-corrected chi connectivity index (χ4v) is 3.47. The summed E-state index contributed by atoms with van der Waals surface area (Å²) in [6.45, 7) is 3.60. The van der Waals surface area contributed by atoms with Crippen LogP contribution in [0.4, 0.5) is 17.5 Å². The first-order chi connectivity index (χ1) is 14.7. The molecule has 2 N–H and O–H groups in total. The van der Waals surface area contributed by atoms with Crippen molar-refractivity contribution in [1.29, 1.82) is 0 Å². The van der Waals surface area contributed by atoms with Crippen LogP contribution in [0.1, 0.15) is 23.2 Å². The van der Waals surface area contributed by atoms with Crippen LogP contribution in [0.3, 0.4) is 0 Å². The largest absolute Gasteiger partial charge is 0.340 e. The maximum atomic E-state index is 11.6. The molecule has 30 heavy (non-hydrogen) atoms. The molecule has 0 fully saturated rings. The summed E-state index contributed by atoms with van der Waals surface area (Å²) in [7, 11) is 0. The topological polar surface area (TPSA) is 105 Å². The van der Waals surface area contributed by atoms with Crippen molar-refractivity contribution >= 4 is 23.2 Å². The van der Waals surface area contributed by atoms with Gasteiger partial charge in [-0.1, -0.05) is 12.1 Å². The molecule has 1 aliphatic heterocycles. The lowest BCUT2D eigenvalue weighted by Gasteiger charge is -2.27. The minimum Gasteiger partial charge on any atom is -0.340 e. The standard InChI is InChI=1S/C21H20N8O/c1-14(30)18-12-28-8-9-29(13-20(28)26-18)21-22-7-6-19(27-21)25-17-4-2-15(3-5-17)16-10-23-24-11-16/h2-7,10-12H,8-9,13H2,1H3,(H,23,24)(H,22,25,27). The Morgan fingerprint density at radius 2 is 1.97 bits per heavy atom. The molecule has 0 saturated heterocycles. The van der Waals surface area contributed by atoms with Crippen molar-refractivity contribution in [3.63, 3.8) is 0 Å². The van der Waals surface area contributed by atoms with E-state index in [-0.39, 0.29) is 5.78 Å². The third-order valence-electron chi connectivity index (χ3n) is 5.08. The van der Waals surface area contributed by atoms with Gasteiger partial charge >= 0.3 is 0 Å². The molecule has 9 heteroatoms. The smallest absolute Gasteiger partial charge is 0.227 e. The highest BCUT2D eigenvalue weighted by molar-refractivity contribution is 5.92. The van der Waals surface area contributed by atoms with Crippen LogP contribution in [0.15, 0.2) is 55.1 Å². The zero-order valence-electron chi connectivity index (χ0n) is 16.4. The van der Waals surface area contributed by atoms with Crippen LogP contribution in [-0.4, -0.2) is 42.0 Å². The number of nitrogens with zero attached hydrogens (tertiary/aromatic N) is 6. The van der Waals surface area contributed by atoms with E-state index in [0.29, 0.717) is 18.2 Å². The van der Waals surface area contributed by atoms with E-state index < -0.39 is 0 Å². The Bertz CT molecular complexity index is 1180. The normalized spacial score (nSPS) is 13.2. The Morgan fingerprint density at radius 3 is 2.73 bits per heavy atom. The summed E-state index contributed by atoms with van der Waals surface area (Å²) in [6.07, 6.45) is 7.22. The van der Waals surface area contributed by atoms with E-state index in [4.69, 9.17) is 0 Å². The fourth-order valence-electron chi connectivity index (χ4n) is 3.47. The molecule has 0 aliphatic carbocycles. The Labute approximate surface area is 172 Å². The Kier molecular flexibility index (Phi) is 4.47. The monoisotopic (exact) mass is 400 g/mol. The molecule has 5 rings (SSSR count). The van der Waals surface area contributed by atoms with Gasteiger partial charge in [-0.15, -0.1) is 0 Å². The molecule has 0 unspecified atom stereocenters. The lowest BCUT2D eigenvalue weighted by molar-refractivity contribution is 0.101. The summed E-state index contributed by atoms with van der Waals surface area (Å²) in [5.41, 5.74) is 3.57. The van der Waals surface area contributed by atoms with E-state index >= 15 is 0 Å². The summed E-state index contributed by atoms with van der Waals surface area (Å²) in [5.74, 6) is 2.18. The third kappa shape index (κ3) is 3.52. The average Bonchev–Trinajstić information content (AvgIpc) is 3.44. The summed E-state index contributed by atoms with van der Waals surface area (Å²) in [4.78, 5) is 27.2.